The first kappa shape index (κ1) is 17.5. The molecule has 3 aromatic rings. The van der Waals surface area contributed by atoms with Gasteiger partial charge in [-0.25, -0.2) is 0 Å². The summed E-state index contributed by atoms with van der Waals surface area (Å²) in [6.07, 6.45) is 0. The van der Waals surface area contributed by atoms with Gasteiger partial charge in [0.2, 0.25) is 5.91 Å². The molecule has 4 heteroatoms. The van der Waals surface area contributed by atoms with Crippen molar-refractivity contribution in [3.63, 3.8) is 0 Å². The lowest BCUT2D eigenvalue weighted by molar-refractivity contribution is -0.114. The summed E-state index contributed by atoms with van der Waals surface area (Å²) in [5.74, 6) is 0.549. The fourth-order valence-corrected chi connectivity index (χ4v) is 2.73. The van der Waals surface area contributed by atoms with E-state index in [9.17, 15) is 4.79 Å². The molecule has 0 radical (unpaired) electrons. The van der Waals surface area contributed by atoms with Crippen LogP contribution in [-0.4, -0.2) is 19.1 Å². The van der Waals surface area contributed by atoms with Gasteiger partial charge in [-0.05, 0) is 30.7 Å². The normalized spacial score (nSPS) is 10.2. The van der Waals surface area contributed by atoms with Crippen molar-refractivity contribution in [3.8, 4) is 16.9 Å². The highest BCUT2D eigenvalue weighted by Gasteiger charge is 2.09. The first-order valence-corrected chi connectivity index (χ1v) is 8.68. The summed E-state index contributed by atoms with van der Waals surface area (Å²) in [7, 11) is 0. The van der Waals surface area contributed by atoms with E-state index < -0.39 is 0 Å². The van der Waals surface area contributed by atoms with Gasteiger partial charge in [-0.2, -0.15) is 0 Å². The molecule has 0 aliphatic rings. The number of hydrogen-bond donors (Lipinski definition) is 2. The summed E-state index contributed by atoms with van der Waals surface area (Å²) in [4.78, 5) is 12.4. The zero-order chi connectivity index (χ0) is 18.2. The van der Waals surface area contributed by atoms with E-state index in [1.807, 2.05) is 73.7 Å². The highest BCUT2D eigenvalue weighted by molar-refractivity contribution is 5.95. The summed E-state index contributed by atoms with van der Waals surface area (Å²) in [5, 5.41) is 6.13. The average Bonchev–Trinajstić information content (AvgIpc) is 2.69. The number of para-hydroxylation sites is 3. The van der Waals surface area contributed by atoms with Crippen LogP contribution in [0.4, 0.5) is 11.4 Å². The molecule has 0 spiro atoms. The Morgan fingerprint density at radius 2 is 1.50 bits per heavy atom. The number of carbonyl (C=O) groups is 1. The molecule has 0 fully saturated rings. The number of carbonyl (C=O) groups excluding carboxylic acids is 1. The van der Waals surface area contributed by atoms with Crippen molar-refractivity contribution >= 4 is 17.3 Å². The molecule has 0 saturated heterocycles. The molecule has 3 aromatic carbocycles. The van der Waals surface area contributed by atoms with E-state index >= 15 is 0 Å². The van der Waals surface area contributed by atoms with E-state index in [0.717, 1.165) is 16.8 Å². The second kappa shape index (κ2) is 8.72. The first-order chi connectivity index (χ1) is 12.8. The number of anilines is 2. The highest BCUT2D eigenvalue weighted by atomic mass is 16.5. The smallest absolute Gasteiger partial charge is 0.243 e. The van der Waals surface area contributed by atoms with Gasteiger partial charge in [0.15, 0.2) is 0 Å². The summed E-state index contributed by atoms with van der Waals surface area (Å²) in [5.41, 5.74) is 3.78. The maximum Gasteiger partial charge on any atom is 0.243 e. The molecule has 0 bridgehead atoms. The van der Waals surface area contributed by atoms with Crippen LogP contribution in [0.1, 0.15) is 6.92 Å². The SMILES string of the molecule is CCOc1ccccc1NC(=O)CNc1ccccc1-c1ccccc1. The van der Waals surface area contributed by atoms with Gasteiger partial charge in [0.05, 0.1) is 18.8 Å². The molecule has 1 amide bonds. The standard InChI is InChI=1S/C22H22N2O2/c1-2-26-21-15-9-8-14-20(21)24-22(25)16-23-19-13-7-6-12-18(19)17-10-4-3-5-11-17/h3-15,23H,2,16H2,1H3,(H,24,25). The topological polar surface area (TPSA) is 50.4 Å². The largest absolute Gasteiger partial charge is 0.492 e. The van der Waals surface area contributed by atoms with Crippen LogP contribution in [0.15, 0.2) is 78.9 Å². The zero-order valence-corrected chi connectivity index (χ0v) is 14.7. The molecule has 26 heavy (non-hydrogen) atoms. The van der Waals surface area contributed by atoms with Crippen LogP contribution in [0.25, 0.3) is 11.1 Å². The minimum Gasteiger partial charge on any atom is -0.492 e. The molecule has 2 N–H and O–H groups in total. The number of ether oxygens (including phenoxy) is 1. The predicted molar refractivity (Wildman–Crippen MR) is 107 cm³/mol. The lowest BCUT2D eigenvalue weighted by atomic mass is 10.0. The van der Waals surface area contributed by atoms with E-state index in [1.165, 1.54) is 0 Å². The molecule has 0 aliphatic heterocycles. The van der Waals surface area contributed by atoms with Crippen molar-refractivity contribution in [1.29, 1.82) is 0 Å². The number of nitrogens with one attached hydrogen (secondary N) is 2. The maximum absolute atomic E-state index is 12.4. The van der Waals surface area contributed by atoms with E-state index in [4.69, 9.17) is 4.74 Å². The highest BCUT2D eigenvalue weighted by Crippen LogP contribution is 2.27. The van der Waals surface area contributed by atoms with Crippen molar-refractivity contribution in [1.82, 2.24) is 0 Å². The second-order valence-electron chi connectivity index (χ2n) is 5.74. The molecule has 0 atom stereocenters. The molecular formula is C22H22N2O2. The Hall–Kier alpha value is -3.27. The molecule has 0 aliphatic carbocycles. The number of rotatable bonds is 7. The average molecular weight is 346 g/mol. The van der Waals surface area contributed by atoms with E-state index in [1.54, 1.807) is 0 Å². The molecule has 0 unspecified atom stereocenters. The molecule has 4 nitrogen and oxygen atoms in total. The van der Waals surface area contributed by atoms with Gasteiger partial charge in [-0.3, -0.25) is 4.79 Å². The number of benzene rings is 3. The van der Waals surface area contributed by atoms with Crippen LogP contribution in [0, 0.1) is 0 Å². The quantitative estimate of drug-likeness (QED) is 0.646. The third-order valence-electron chi connectivity index (χ3n) is 3.91. The van der Waals surface area contributed by atoms with Gasteiger partial charge in [-0.15, -0.1) is 0 Å². The van der Waals surface area contributed by atoms with E-state index in [2.05, 4.69) is 22.8 Å². The van der Waals surface area contributed by atoms with Crippen LogP contribution in [0.2, 0.25) is 0 Å². The van der Waals surface area contributed by atoms with Crippen molar-refractivity contribution < 1.29 is 9.53 Å². The van der Waals surface area contributed by atoms with Crippen LogP contribution in [0.5, 0.6) is 5.75 Å². The lowest BCUT2D eigenvalue weighted by Crippen LogP contribution is -2.22. The van der Waals surface area contributed by atoms with Gasteiger partial charge >= 0.3 is 0 Å². The molecule has 132 valence electrons. The number of hydrogen-bond acceptors (Lipinski definition) is 3. The summed E-state index contributed by atoms with van der Waals surface area (Å²) >= 11 is 0. The van der Waals surface area contributed by atoms with Crippen LogP contribution >= 0.6 is 0 Å². The van der Waals surface area contributed by atoms with Gasteiger partial charge in [0.25, 0.3) is 0 Å². The Bertz CT molecular complexity index is 863. The second-order valence-corrected chi connectivity index (χ2v) is 5.74. The molecular weight excluding hydrogens is 324 g/mol. The summed E-state index contributed by atoms with van der Waals surface area (Å²) in [6.45, 7) is 2.64. The Kier molecular flexibility index (Phi) is 5.88. The third kappa shape index (κ3) is 4.42. The maximum atomic E-state index is 12.4. The fourth-order valence-electron chi connectivity index (χ4n) is 2.73. The van der Waals surface area contributed by atoms with E-state index in [-0.39, 0.29) is 12.5 Å². The van der Waals surface area contributed by atoms with Crippen molar-refractivity contribution in [3.05, 3.63) is 78.9 Å². The van der Waals surface area contributed by atoms with Gasteiger partial charge in [0, 0.05) is 11.3 Å². The van der Waals surface area contributed by atoms with Crippen molar-refractivity contribution in [2.45, 2.75) is 6.92 Å². The summed E-state index contributed by atoms with van der Waals surface area (Å²) < 4.78 is 5.54. The van der Waals surface area contributed by atoms with Gasteiger partial charge in [-0.1, -0.05) is 60.7 Å². The monoisotopic (exact) mass is 346 g/mol. The third-order valence-corrected chi connectivity index (χ3v) is 3.91. The van der Waals surface area contributed by atoms with E-state index in [0.29, 0.717) is 18.0 Å². The first-order valence-electron chi connectivity index (χ1n) is 8.68. The Labute approximate surface area is 153 Å². The van der Waals surface area contributed by atoms with Gasteiger partial charge < -0.3 is 15.4 Å². The number of amides is 1. The Balaban J connectivity index is 1.68. The minimum absolute atomic E-state index is 0.125. The molecule has 0 heterocycles. The molecule has 3 rings (SSSR count). The minimum atomic E-state index is -0.125. The van der Waals surface area contributed by atoms with Crippen molar-refractivity contribution in [2.75, 3.05) is 23.8 Å². The predicted octanol–water partition coefficient (Wildman–Crippen LogP) is 4.80. The van der Waals surface area contributed by atoms with Gasteiger partial charge in [0.1, 0.15) is 5.75 Å². The lowest BCUT2D eigenvalue weighted by Gasteiger charge is -2.14. The van der Waals surface area contributed by atoms with Crippen molar-refractivity contribution in [2.24, 2.45) is 0 Å². The molecule has 0 saturated carbocycles. The Morgan fingerprint density at radius 3 is 2.27 bits per heavy atom. The molecule has 0 aromatic heterocycles. The zero-order valence-electron chi connectivity index (χ0n) is 14.7. The van der Waals surface area contributed by atoms with Crippen LogP contribution in [-0.2, 0) is 4.79 Å². The fraction of sp³-hybridized carbons (Fsp3) is 0.136. The van der Waals surface area contributed by atoms with Crippen LogP contribution in [0.3, 0.4) is 0 Å². The Morgan fingerprint density at radius 1 is 0.846 bits per heavy atom. The summed E-state index contributed by atoms with van der Waals surface area (Å²) in [6, 6.07) is 25.5. The van der Waals surface area contributed by atoms with Crippen LogP contribution < -0.4 is 15.4 Å².